The van der Waals surface area contributed by atoms with Gasteiger partial charge in [-0.2, -0.15) is 0 Å². The van der Waals surface area contributed by atoms with E-state index in [9.17, 15) is 4.79 Å². The van der Waals surface area contributed by atoms with Crippen LogP contribution in [0.4, 0.5) is 0 Å². The van der Waals surface area contributed by atoms with Gasteiger partial charge in [-0.3, -0.25) is 4.79 Å². The van der Waals surface area contributed by atoms with E-state index in [1.165, 1.54) is 0 Å². The Balaban J connectivity index is 1.76. The van der Waals surface area contributed by atoms with Gasteiger partial charge in [0.05, 0.1) is 18.8 Å². The second-order valence-corrected chi connectivity index (χ2v) is 4.62. The molecule has 0 unspecified atom stereocenters. The van der Waals surface area contributed by atoms with Crippen molar-refractivity contribution in [3.8, 4) is 5.75 Å². The van der Waals surface area contributed by atoms with E-state index in [2.05, 4.69) is 0 Å². The lowest BCUT2D eigenvalue weighted by molar-refractivity contribution is 0.0882. The van der Waals surface area contributed by atoms with Crippen molar-refractivity contribution in [3.05, 3.63) is 64.7 Å². The minimum absolute atomic E-state index is 0.369. The number of hydrogen-bond acceptors (Lipinski definition) is 3. The summed E-state index contributed by atoms with van der Waals surface area (Å²) >= 11 is 5.87. The van der Waals surface area contributed by atoms with Crippen LogP contribution in [0.25, 0.3) is 0 Å². The average molecular weight is 291 g/mol. The van der Waals surface area contributed by atoms with E-state index in [1.54, 1.807) is 18.2 Å². The molecule has 3 nitrogen and oxygen atoms in total. The third-order valence-corrected chi connectivity index (χ3v) is 2.93. The molecule has 0 saturated carbocycles. The molecule has 0 aromatic heterocycles. The average Bonchev–Trinajstić information content (AvgIpc) is 2.48. The molecule has 0 spiro atoms. The van der Waals surface area contributed by atoms with Crippen molar-refractivity contribution in [1.82, 2.24) is 0 Å². The van der Waals surface area contributed by atoms with Crippen LogP contribution < -0.4 is 4.74 Å². The lowest BCUT2D eigenvalue weighted by Gasteiger charge is -2.09. The summed E-state index contributed by atoms with van der Waals surface area (Å²) in [7, 11) is 0. The zero-order valence-corrected chi connectivity index (χ0v) is 11.7. The number of halogens is 1. The van der Waals surface area contributed by atoms with Crippen molar-refractivity contribution in [2.45, 2.75) is 6.61 Å². The molecule has 0 bridgehead atoms. The molecule has 0 atom stereocenters. The molecule has 0 aliphatic heterocycles. The maximum atomic E-state index is 10.9. The molecule has 2 aromatic carbocycles. The van der Waals surface area contributed by atoms with Crippen molar-refractivity contribution in [2.75, 3.05) is 13.2 Å². The van der Waals surface area contributed by atoms with Gasteiger partial charge in [0.2, 0.25) is 0 Å². The zero-order valence-electron chi connectivity index (χ0n) is 10.9. The molecule has 4 heteroatoms. The molecular weight excluding hydrogens is 276 g/mol. The normalized spacial score (nSPS) is 10.2. The first-order chi connectivity index (χ1) is 9.79. The Morgan fingerprint density at radius 2 is 1.85 bits per heavy atom. The summed E-state index contributed by atoms with van der Waals surface area (Å²) in [4.78, 5) is 10.9. The van der Waals surface area contributed by atoms with Gasteiger partial charge < -0.3 is 9.47 Å². The highest BCUT2D eigenvalue weighted by atomic mass is 35.5. The van der Waals surface area contributed by atoms with Crippen LogP contribution in [0.2, 0.25) is 5.02 Å². The molecule has 0 aliphatic carbocycles. The first kappa shape index (κ1) is 14.6. The number of aldehydes is 1. The third-order valence-electron chi connectivity index (χ3n) is 2.70. The van der Waals surface area contributed by atoms with E-state index >= 15 is 0 Å². The van der Waals surface area contributed by atoms with Gasteiger partial charge in [0.25, 0.3) is 0 Å². The summed E-state index contributed by atoms with van der Waals surface area (Å²) in [6.07, 6.45) is 0.747. The Kier molecular flexibility index (Phi) is 5.59. The first-order valence-electron chi connectivity index (χ1n) is 6.29. The lowest BCUT2D eigenvalue weighted by Crippen LogP contribution is -2.07. The molecule has 0 amide bonds. The first-order valence-corrected chi connectivity index (χ1v) is 6.66. The van der Waals surface area contributed by atoms with Crippen molar-refractivity contribution < 1.29 is 14.3 Å². The van der Waals surface area contributed by atoms with Crippen LogP contribution in [-0.4, -0.2) is 19.5 Å². The van der Waals surface area contributed by atoms with Crippen LogP contribution in [0.3, 0.4) is 0 Å². The van der Waals surface area contributed by atoms with Crippen LogP contribution in [0.1, 0.15) is 15.9 Å². The van der Waals surface area contributed by atoms with Gasteiger partial charge >= 0.3 is 0 Å². The molecule has 0 heterocycles. The highest BCUT2D eigenvalue weighted by molar-refractivity contribution is 6.30. The molecule has 0 N–H and O–H groups in total. The Morgan fingerprint density at radius 1 is 1.05 bits per heavy atom. The van der Waals surface area contributed by atoms with E-state index in [0.717, 1.165) is 11.8 Å². The van der Waals surface area contributed by atoms with Gasteiger partial charge in [0.15, 0.2) is 6.29 Å². The minimum atomic E-state index is 0.369. The van der Waals surface area contributed by atoms with Crippen LogP contribution >= 0.6 is 11.6 Å². The number of rotatable bonds is 7. The summed E-state index contributed by atoms with van der Waals surface area (Å²) in [5, 5.41) is 0.538. The van der Waals surface area contributed by atoms with Gasteiger partial charge in [0.1, 0.15) is 12.4 Å². The van der Waals surface area contributed by atoms with Crippen LogP contribution in [-0.2, 0) is 11.3 Å². The van der Waals surface area contributed by atoms with E-state index in [0.29, 0.717) is 36.2 Å². The molecule has 0 radical (unpaired) electrons. The Bertz CT molecular complexity index is 555. The fourth-order valence-corrected chi connectivity index (χ4v) is 1.87. The second kappa shape index (κ2) is 7.68. The second-order valence-electron chi connectivity index (χ2n) is 4.19. The number of ether oxygens (including phenoxy) is 2. The van der Waals surface area contributed by atoms with Gasteiger partial charge in [-0.15, -0.1) is 0 Å². The highest BCUT2D eigenvalue weighted by Gasteiger charge is 2.03. The summed E-state index contributed by atoms with van der Waals surface area (Å²) in [5.74, 6) is 0.482. The van der Waals surface area contributed by atoms with E-state index < -0.39 is 0 Å². The predicted molar refractivity (Wildman–Crippen MR) is 78.4 cm³/mol. The molecule has 2 aromatic rings. The SMILES string of the molecule is O=Cc1ccc(Cl)cc1OCCOCc1ccccc1. The summed E-state index contributed by atoms with van der Waals surface area (Å²) in [6, 6.07) is 14.8. The summed E-state index contributed by atoms with van der Waals surface area (Å²) in [5.41, 5.74) is 1.60. The lowest BCUT2D eigenvalue weighted by atomic mass is 10.2. The zero-order chi connectivity index (χ0) is 14.2. The number of benzene rings is 2. The van der Waals surface area contributed by atoms with Crippen molar-refractivity contribution in [2.24, 2.45) is 0 Å². The Labute approximate surface area is 123 Å². The van der Waals surface area contributed by atoms with Crippen molar-refractivity contribution in [3.63, 3.8) is 0 Å². The minimum Gasteiger partial charge on any atom is -0.490 e. The molecule has 20 heavy (non-hydrogen) atoms. The Morgan fingerprint density at radius 3 is 2.60 bits per heavy atom. The monoisotopic (exact) mass is 290 g/mol. The van der Waals surface area contributed by atoms with E-state index in [-0.39, 0.29) is 0 Å². The van der Waals surface area contributed by atoms with Gasteiger partial charge in [-0.05, 0) is 23.8 Å². The maximum Gasteiger partial charge on any atom is 0.153 e. The smallest absolute Gasteiger partial charge is 0.153 e. The van der Waals surface area contributed by atoms with Gasteiger partial charge in [-0.1, -0.05) is 41.9 Å². The highest BCUT2D eigenvalue weighted by Crippen LogP contribution is 2.21. The largest absolute Gasteiger partial charge is 0.490 e. The maximum absolute atomic E-state index is 10.9. The standard InChI is InChI=1S/C16H15ClO3/c17-15-7-6-14(11-18)16(10-15)20-9-8-19-12-13-4-2-1-3-5-13/h1-7,10-11H,8-9,12H2. The topological polar surface area (TPSA) is 35.5 Å². The predicted octanol–water partition coefficient (Wildman–Crippen LogP) is 3.75. The fourth-order valence-electron chi connectivity index (χ4n) is 1.71. The molecular formula is C16H15ClO3. The van der Waals surface area contributed by atoms with Crippen molar-refractivity contribution in [1.29, 1.82) is 0 Å². The molecule has 104 valence electrons. The quantitative estimate of drug-likeness (QED) is 0.575. The molecule has 0 fully saturated rings. The summed E-state index contributed by atoms with van der Waals surface area (Å²) in [6.45, 7) is 1.36. The van der Waals surface area contributed by atoms with Crippen LogP contribution in [0.15, 0.2) is 48.5 Å². The third kappa shape index (κ3) is 4.37. The van der Waals surface area contributed by atoms with Crippen molar-refractivity contribution >= 4 is 17.9 Å². The number of hydrogen-bond donors (Lipinski definition) is 0. The van der Waals surface area contributed by atoms with Crippen LogP contribution in [0.5, 0.6) is 5.75 Å². The van der Waals surface area contributed by atoms with Gasteiger partial charge in [0, 0.05) is 5.02 Å². The van der Waals surface area contributed by atoms with E-state index in [1.807, 2.05) is 30.3 Å². The van der Waals surface area contributed by atoms with Crippen LogP contribution in [0, 0.1) is 0 Å². The number of carbonyl (C=O) groups excluding carboxylic acids is 1. The summed E-state index contributed by atoms with van der Waals surface area (Å²) < 4.78 is 11.0. The number of carbonyl (C=O) groups is 1. The van der Waals surface area contributed by atoms with E-state index in [4.69, 9.17) is 21.1 Å². The van der Waals surface area contributed by atoms with Gasteiger partial charge in [-0.25, -0.2) is 0 Å². The Hall–Kier alpha value is -1.84. The molecule has 2 rings (SSSR count). The molecule has 0 aliphatic rings. The molecule has 0 saturated heterocycles. The fraction of sp³-hybridized carbons (Fsp3) is 0.188.